The van der Waals surface area contributed by atoms with Crippen LogP contribution in [0.2, 0.25) is 0 Å². The number of H-pyrrole nitrogens is 1. The summed E-state index contributed by atoms with van der Waals surface area (Å²) in [6.45, 7) is 9.13. The molecule has 3 nitrogen and oxygen atoms in total. The molecule has 2 aromatic heterocycles. The lowest BCUT2D eigenvalue weighted by molar-refractivity contribution is 0.399. The van der Waals surface area contributed by atoms with Gasteiger partial charge in [-0.05, 0) is 23.5 Å². The number of aromatic amines is 1. The smallest absolute Gasteiger partial charge is 0.177 e. The Morgan fingerprint density at radius 1 is 1.19 bits per heavy atom. The van der Waals surface area contributed by atoms with E-state index in [4.69, 9.17) is 4.98 Å². The molecule has 0 unspecified atom stereocenters. The van der Waals surface area contributed by atoms with Crippen LogP contribution in [0, 0.1) is 0 Å². The maximum atomic E-state index is 4.72. The Balaban J connectivity index is 2.37. The fraction of sp³-hybridized carbons (Fsp3) is 0.538. The van der Waals surface area contributed by atoms with E-state index >= 15 is 0 Å². The van der Waals surface area contributed by atoms with E-state index in [2.05, 4.69) is 43.7 Å². The highest BCUT2D eigenvalue weighted by Gasteiger charge is 2.43. The molecule has 3 rings (SSSR count). The van der Waals surface area contributed by atoms with Gasteiger partial charge in [0.15, 0.2) is 5.65 Å². The van der Waals surface area contributed by atoms with E-state index in [0.717, 1.165) is 17.6 Å². The molecule has 1 aliphatic carbocycles. The predicted octanol–water partition coefficient (Wildman–Crippen LogP) is 2.92. The zero-order valence-electron chi connectivity index (χ0n) is 10.3. The number of fused-ring (bicyclic) bond motifs is 2. The molecule has 0 aromatic carbocycles. The van der Waals surface area contributed by atoms with E-state index in [1.165, 1.54) is 11.3 Å². The van der Waals surface area contributed by atoms with Gasteiger partial charge in [0.05, 0.1) is 17.5 Å². The SMILES string of the molecule is CC1(C)CC(C)(C)c2nc3nc[nH]c3cc21. The van der Waals surface area contributed by atoms with Gasteiger partial charge >= 0.3 is 0 Å². The molecule has 2 aromatic rings. The van der Waals surface area contributed by atoms with Crippen molar-refractivity contribution >= 4 is 11.2 Å². The van der Waals surface area contributed by atoms with Gasteiger partial charge in [0, 0.05) is 5.41 Å². The fourth-order valence-corrected chi connectivity index (χ4v) is 3.19. The minimum atomic E-state index is 0.159. The highest BCUT2D eigenvalue weighted by molar-refractivity contribution is 5.72. The molecule has 0 bridgehead atoms. The van der Waals surface area contributed by atoms with Gasteiger partial charge in [-0.15, -0.1) is 0 Å². The molecule has 0 amide bonds. The molecule has 0 saturated heterocycles. The number of aromatic nitrogens is 3. The van der Waals surface area contributed by atoms with E-state index in [1.54, 1.807) is 6.33 Å². The van der Waals surface area contributed by atoms with Gasteiger partial charge in [-0.25, -0.2) is 9.97 Å². The third-order valence-corrected chi connectivity index (χ3v) is 3.66. The molecular weight excluding hydrogens is 198 g/mol. The number of nitrogens with one attached hydrogen (secondary N) is 1. The van der Waals surface area contributed by atoms with Crippen molar-refractivity contribution in [2.24, 2.45) is 0 Å². The first-order chi connectivity index (χ1) is 7.40. The second kappa shape index (κ2) is 2.65. The normalized spacial score (nSPS) is 21.2. The Bertz CT molecular complexity index is 516. The summed E-state index contributed by atoms with van der Waals surface area (Å²) in [5, 5.41) is 0. The number of imidazole rings is 1. The predicted molar refractivity (Wildman–Crippen MR) is 64.6 cm³/mol. The highest BCUT2D eigenvalue weighted by atomic mass is 15.0. The van der Waals surface area contributed by atoms with E-state index in [9.17, 15) is 0 Å². The molecule has 84 valence electrons. The molecule has 2 heterocycles. The number of hydrogen-bond acceptors (Lipinski definition) is 2. The molecular formula is C13H17N3. The molecule has 0 radical (unpaired) electrons. The van der Waals surface area contributed by atoms with Gasteiger partial charge in [-0.1, -0.05) is 27.7 Å². The van der Waals surface area contributed by atoms with Crippen molar-refractivity contribution in [2.45, 2.75) is 44.9 Å². The standard InChI is InChI=1S/C13H17N3/c1-12(2)6-13(3,4)10-8(12)5-9-11(16-10)15-7-14-9/h5,7H,6H2,1-4H3,(H,14,15,16). The summed E-state index contributed by atoms with van der Waals surface area (Å²) in [7, 11) is 0. The van der Waals surface area contributed by atoms with Crippen LogP contribution in [0.4, 0.5) is 0 Å². The maximum Gasteiger partial charge on any atom is 0.177 e. The summed E-state index contributed by atoms with van der Waals surface area (Å²) in [6.07, 6.45) is 2.86. The molecule has 3 heteroatoms. The van der Waals surface area contributed by atoms with Gasteiger partial charge in [0.2, 0.25) is 0 Å². The summed E-state index contributed by atoms with van der Waals surface area (Å²) in [5.41, 5.74) is 4.84. The number of pyridine rings is 1. The van der Waals surface area contributed by atoms with Gasteiger partial charge in [-0.3, -0.25) is 0 Å². The Labute approximate surface area is 95.3 Å². The van der Waals surface area contributed by atoms with Crippen LogP contribution in [-0.2, 0) is 10.8 Å². The number of rotatable bonds is 0. The second-order valence-electron chi connectivity index (χ2n) is 6.10. The van der Waals surface area contributed by atoms with Crippen molar-refractivity contribution in [1.82, 2.24) is 15.0 Å². The van der Waals surface area contributed by atoms with Crippen LogP contribution in [0.3, 0.4) is 0 Å². The topological polar surface area (TPSA) is 41.6 Å². The Morgan fingerprint density at radius 3 is 2.69 bits per heavy atom. The molecule has 0 atom stereocenters. The average Bonchev–Trinajstić information content (AvgIpc) is 2.66. The minimum Gasteiger partial charge on any atom is -0.343 e. The Morgan fingerprint density at radius 2 is 1.94 bits per heavy atom. The first kappa shape index (κ1) is 9.82. The van der Waals surface area contributed by atoms with Crippen LogP contribution in [0.15, 0.2) is 12.4 Å². The van der Waals surface area contributed by atoms with Gasteiger partial charge < -0.3 is 4.98 Å². The molecule has 1 aliphatic rings. The van der Waals surface area contributed by atoms with E-state index in [0.29, 0.717) is 0 Å². The van der Waals surface area contributed by atoms with E-state index < -0.39 is 0 Å². The first-order valence-corrected chi connectivity index (χ1v) is 5.75. The molecule has 0 saturated carbocycles. The third kappa shape index (κ3) is 1.14. The van der Waals surface area contributed by atoms with Crippen molar-refractivity contribution in [3.8, 4) is 0 Å². The fourth-order valence-electron chi connectivity index (χ4n) is 3.19. The van der Waals surface area contributed by atoms with Crippen molar-refractivity contribution in [1.29, 1.82) is 0 Å². The van der Waals surface area contributed by atoms with E-state index in [1.807, 2.05) is 0 Å². The first-order valence-electron chi connectivity index (χ1n) is 5.75. The van der Waals surface area contributed by atoms with Crippen molar-refractivity contribution in [3.05, 3.63) is 23.7 Å². The van der Waals surface area contributed by atoms with Crippen molar-refractivity contribution < 1.29 is 0 Å². The maximum absolute atomic E-state index is 4.72. The van der Waals surface area contributed by atoms with Crippen LogP contribution < -0.4 is 0 Å². The van der Waals surface area contributed by atoms with Gasteiger partial charge in [0.25, 0.3) is 0 Å². The lowest BCUT2D eigenvalue weighted by Crippen LogP contribution is -2.18. The number of nitrogens with zero attached hydrogens (tertiary/aromatic N) is 2. The summed E-state index contributed by atoms with van der Waals surface area (Å²) < 4.78 is 0. The zero-order valence-corrected chi connectivity index (χ0v) is 10.3. The lowest BCUT2D eigenvalue weighted by Gasteiger charge is -2.21. The summed E-state index contributed by atoms with van der Waals surface area (Å²) in [4.78, 5) is 12.1. The van der Waals surface area contributed by atoms with Crippen LogP contribution in [0.5, 0.6) is 0 Å². The molecule has 16 heavy (non-hydrogen) atoms. The number of hydrogen-bond donors (Lipinski definition) is 1. The second-order valence-corrected chi connectivity index (χ2v) is 6.10. The van der Waals surface area contributed by atoms with E-state index in [-0.39, 0.29) is 10.8 Å². The Kier molecular flexibility index (Phi) is 1.63. The monoisotopic (exact) mass is 215 g/mol. The quantitative estimate of drug-likeness (QED) is 0.734. The Hall–Kier alpha value is -1.38. The summed E-state index contributed by atoms with van der Waals surface area (Å²) in [6, 6.07) is 2.22. The van der Waals surface area contributed by atoms with Crippen molar-refractivity contribution in [2.75, 3.05) is 0 Å². The molecule has 0 fully saturated rings. The van der Waals surface area contributed by atoms with Gasteiger partial charge in [-0.2, -0.15) is 0 Å². The molecule has 0 aliphatic heterocycles. The van der Waals surface area contributed by atoms with Crippen LogP contribution in [-0.4, -0.2) is 15.0 Å². The molecule has 1 N–H and O–H groups in total. The largest absolute Gasteiger partial charge is 0.343 e. The van der Waals surface area contributed by atoms with Crippen LogP contribution >= 0.6 is 0 Å². The zero-order chi connectivity index (χ0) is 11.6. The van der Waals surface area contributed by atoms with Gasteiger partial charge in [0.1, 0.15) is 0 Å². The summed E-state index contributed by atoms with van der Waals surface area (Å²) in [5.74, 6) is 0. The lowest BCUT2D eigenvalue weighted by atomic mass is 9.82. The molecule has 0 spiro atoms. The third-order valence-electron chi connectivity index (χ3n) is 3.66. The van der Waals surface area contributed by atoms with Crippen LogP contribution in [0.1, 0.15) is 45.4 Å². The van der Waals surface area contributed by atoms with Crippen LogP contribution in [0.25, 0.3) is 11.2 Å². The summed E-state index contributed by atoms with van der Waals surface area (Å²) >= 11 is 0. The average molecular weight is 215 g/mol. The highest BCUT2D eigenvalue weighted by Crippen LogP contribution is 2.48. The minimum absolute atomic E-state index is 0.159. The van der Waals surface area contributed by atoms with Crippen molar-refractivity contribution in [3.63, 3.8) is 0 Å².